The summed E-state index contributed by atoms with van der Waals surface area (Å²) in [5.74, 6) is 0.635. The van der Waals surface area contributed by atoms with Crippen LogP contribution >= 0.6 is 0 Å². The Morgan fingerprint density at radius 3 is 2.76 bits per heavy atom. The van der Waals surface area contributed by atoms with Crippen LogP contribution in [-0.4, -0.2) is 67.1 Å². The first-order chi connectivity index (χ1) is 10.1. The van der Waals surface area contributed by atoms with Gasteiger partial charge in [0.2, 0.25) is 5.91 Å². The monoisotopic (exact) mass is 294 g/mol. The number of nitrogens with zero attached hydrogens (tertiary/aromatic N) is 2. The van der Waals surface area contributed by atoms with Gasteiger partial charge in [0.05, 0.1) is 5.54 Å². The Morgan fingerprint density at radius 1 is 1.29 bits per heavy atom. The number of primary amides is 1. The van der Waals surface area contributed by atoms with E-state index >= 15 is 0 Å². The predicted molar refractivity (Wildman–Crippen MR) is 84.0 cm³/mol. The van der Waals surface area contributed by atoms with E-state index in [1.165, 1.54) is 38.9 Å². The fourth-order valence-corrected chi connectivity index (χ4v) is 4.92. The topological polar surface area (TPSA) is 61.6 Å². The first-order valence-corrected chi connectivity index (χ1v) is 8.49. The lowest BCUT2D eigenvalue weighted by atomic mass is 9.83. The van der Waals surface area contributed by atoms with E-state index in [0.29, 0.717) is 6.04 Å². The molecule has 0 bridgehead atoms. The normalized spacial score (nSPS) is 41.9. The highest BCUT2D eigenvalue weighted by Crippen LogP contribution is 2.37. The number of likely N-dealkylation sites (N-methyl/N-ethyl adjacent to an activating group) is 1. The molecule has 3 N–H and O–H groups in total. The van der Waals surface area contributed by atoms with Gasteiger partial charge in [-0.15, -0.1) is 0 Å². The Hall–Kier alpha value is -0.650. The molecule has 4 unspecified atom stereocenters. The van der Waals surface area contributed by atoms with Crippen LogP contribution in [0.4, 0.5) is 0 Å². The molecular weight excluding hydrogens is 264 g/mol. The van der Waals surface area contributed by atoms with Crippen LogP contribution in [0, 0.1) is 5.92 Å². The van der Waals surface area contributed by atoms with Crippen molar-refractivity contribution < 1.29 is 4.79 Å². The quantitative estimate of drug-likeness (QED) is 0.791. The highest BCUT2D eigenvalue weighted by atomic mass is 16.1. The minimum Gasteiger partial charge on any atom is -0.368 e. The van der Waals surface area contributed by atoms with Gasteiger partial charge < -0.3 is 16.0 Å². The molecule has 2 aliphatic heterocycles. The van der Waals surface area contributed by atoms with Crippen molar-refractivity contribution >= 4 is 5.91 Å². The van der Waals surface area contributed by atoms with E-state index in [1.807, 2.05) is 7.05 Å². The third-order valence-electron chi connectivity index (χ3n) is 6.33. The van der Waals surface area contributed by atoms with Gasteiger partial charge in [-0.3, -0.25) is 9.69 Å². The molecule has 5 nitrogen and oxygen atoms in total. The van der Waals surface area contributed by atoms with E-state index < -0.39 is 5.54 Å². The molecule has 3 fully saturated rings. The second-order valence-electron chi connectivity index (χ2n) is 7.33. The molecule has 120 valence electrons. The Morgan fingerprint density at radius 2 is 2.10 bits per heavy atom. The van der Waals surface area contributed by atoms with Crippen molar-refractivity contribution in [2.75, 3.05) is 33.7 Å². The first-order valence-electron chi connectivity index (χ1n) is 8.49. The van der Waals surface area contributed by atoms with E-state index in [1.54, 1.807) is 0 Å². The molecule has 0 aromatic carbocycles. The zero-order chi connectivity index (χ0) is 15.0. The molecular formula is C16H30N4O. The minimum absolute atomic E-state index is 0.181. The fraction of sp³-hybridized carbons (Fsp3) is 0.938. The van der Waals surface area contributed by atoms with Crippen molar-refractivity contribution in [1.29, 1.82) is 0 Å². The number of carbonyl (C=O) groups excluding carboxylic acids is 1. The van der Waals surface area contributed by atoms with Crippen molar-refractivity contribution in [1.82, 2.24) is 15.1 Å². The third-order valence-corrected chi connectivity index (χ3v) is 6.33. The van der Waals surface area contributed by atoms with Crippen LogP contribution in [0.25, 0.3) is 0 Å². The van der Waals surface area contributed by atoms with E-state index in [0.717, 1.165) is 31.2 Å². The van der Waals surface area contributed by atoms with Gasteiger partial charge in [-0.25, -0.2) is 0 Å². The summed E-state index contributed by atoms with van der Waals surface area (Å²) in [6.07, 6.45) is 6.83. The smallest absolute Gasteiger partial charge is 0.237 e. The lowest BCUT2D eigenvalue weighted by Crippen LogP contribution is -2.56. The predicted octanol–water partition coefficient (Wildman–Crippen LogP) is 0.399. The van der Waals surface area contributed by atoms with Gasteiger partial charge in [0.15, 0.2) is 0 Å². The molecule has 0 aromatic rings. The molecule has 0 spiro atoms. The Bertz CT molecular complexity index is 402. The number of amides is 1. The van der Waals surface area contributed by atoms with Gasteiger partial charge in [-0.05, 0) is 71.6 Å². The van der Waals surface area contributed by atoms with Crippen molar-refractivity contribution in [3.05, 3.63) is 0 Å². The van der Waals surface area contributed by atoms with Crippen LogP contribution in [0.15, 0.2) is 0 Å². The maximum absolute atomic E-state index is 11.8. The van der Waals surface area contributed by atoms with Gasteiger partial charge in [-0.2, -0.15) is 0 Å². The molecule has 1 aliphatic carbocycles. The molecule has 3 rings (SSSR count). The number of nitrogens with two attached hydrogens (primary N) is 1. The first kappa shape index (κ1) is 15.3. The second kappa shape index (κ2) is 5.86. The summed E-state index contributed by atoms with van der Waals surface area (Å²) in [6, 6.07) is 1.31. The summed E-state index contributed by atoms with van der Waals surface area (Å²) >= 11 is 0. The van der Waals surface area contributed by atoms with Gasteiger partial charge in [0, 0.05) is 18.6 Å². The van der Waals surface area contributed by atoms with Crippen LogP contribution in [0.3, 0.4) is 0 Å². The molecule has 0 aromatic heterocycles. The standard InChI is InChI=1S/C16H30N4O/c1-18-16(15(17)21)7-5-13(10-16)20-9-6-14-12(11-20)4-3-8-19(14)2/h12-14,18H,3-11H2,1-2H3,(H2,17,21). The van der Waals surface area contributed by atoms with Gasteiger partial charge in [0.1, 0.15) is 0 Å². The molecule has 1 amide bonds. The lowest BCUT2D eigenvalue weighted by Gasteiger charge is -2.47. The summed E-state index contributed by atoms with van der Waals surface area (Å²) < 4.78 is 0. The summed E-state index contributed by atoms with van der Waals surface area (Å²) in [5, 5.41) is 3.20. The maximum atomic E-state index is 11.8. The molecule has 4 atom stereocenters. The number of fused-ring (bicyclic) bond motifs is 1. The van der Waals surface area contributed by atoms with Crippen LogP contribution in [0.1, 0.15) is 38.5 Å². The van der Waals surface area contributed by atoms with Crippen molar-refractivity contribution in [3.8, 4) is 0 Å². The maximum Gasteiger partial charge on any atom is 0.237 e. The summed E-state index contributed by atoms with van der Waals surface area (Å²) in [5.41, 5.74) is 5.17. The highest BCUT2D eigenvalue weighted by Gasteiger charge is 2.46. The average molecular weight is 294 g/mol. The summed E-state index contributed by atoms with van der Waals surface area (Å²) in [6.45, 7) is 3.64. The molecule has 3 aliphatic rings. The Labute approximate surface area is 128 Å². The summed E-state index contributed by atoms with van der Waals surface area (Å²) in [7, 11) is 4.15. The van der Waals surface area contributed by atoms with Crippen LogP contribution in [-0.2, 0) is 4.79 Å². The number of hydrogen-bond donors (Lipinski definition) is 2. The molecule has 21 heavy (non-hydrogen) atoms. The van der Waals surface area contributed by atoms with Gasteiger partial charge >= 0.3 is 0 Å². The van der Waals surface area contributed by atoms with E-state index in [9.17, 15) is 4.79 Å². The minimum atomic E-state index is -0.467. The van der Waals surface area contributed by atoms with Crippen molar-refractivity contribution in [2.24, 2.45) is 11.7 Å². The molecule has 0 radical (unpaired) electrons. The zero-order valence-electron chi connectivity index (χ0n) is 13.5. The second-order valence-corrected chi connectivity index (χ2v) is 7.33. The largest absolute Gasteiger partial charge is 0.368 e. The average Bonchev–Trinajstić information content (AvgIpc) is 2.93. The van der Waals surface area contributed by atoms with E-state index in [-0.39, 0.29) is 5.91 Å². The van der Waals surface area contributed by atoms with Crippen molar-refractivity contribution in [2.45, 2.75) is 56.1 Å². The van der Waals surface area contributed by atoms with Crippen LogP contribution in [0.5, 0.6) is 0 Å². The zero-order valence-corrected chi connectivity index (χ0v) is 13.5. The Balaban J connectivity index is 1.63. The number of piperidine rings is 2. The fourth-order valence-electron chi connectivity index (χ4n) is 4.92. The number of hydrogen-bond acceptors (Lipinski definition) is 4. The number of nitrogens with one attached hydrogen (secondary N) is 1. The molecule has 1 saturated carbocycles. The Kier molecular flexibility index (Phi) is 4.26. The third kappa shape index (κ3) is 2.71. The highest BCUT2D eigenvalue weighted by molar-refractivity contribution is 5.85. The van der Waals surface area contributed by atoms with Crippen LogP contribution in [0.2, 0.25) is 0 Å². The lowest BCUT2D eigenvalue weighted by molar-refractivity contribution is -0.124. The van der Waals surface area contributed by atoms with E-state index in [4.69, 9.17) is 5.73 Å². The number of carbonyl (C=O) groups is 1. The summed E-state index contributed by atoms with van der Waals surface area (Å²) in [4.78, 5) is 17.0. The molecule has 2 heterocycles. The molecule has 2 saturated heterocycles. The number of rotatable bonds is 3. The van der Waals surface area contributed by atoms with Gasteiger partial charge in [0.25, 0.3) is 0 Å². The van der Waals surface area contributed by atoms with E-state index in [2.05, 4.69) is 22.2 Å². The van der Waals surface area contributed by atoms with Crippen molar-refractivity contribution in [3.63, 3.8) is 0 Å². The van der Waals surface area contributed by atoms with Gasteiger partial charge in [-0.1, -0.05) is 0 Å². The number of likely N-dealkylation sites (tertiary alicyclic amines) is 2. The van der Waals surface area contributed by atoms with Crippen LogP contribution < -0.4 is 11.1 Å². The molecule has 5 heteroatoms. The SMILES string of the molecule is CNC1(C(N)=O)CCC(N2CCC3C(CCCN3C)C2)C1.